The summed E-state index contributed by atoms with van der Waals surface area (Å²) in [6.45, 7) is 0. The summed E-state index contributed by atoms with van der Waals surface area (Å²) in [7, 11) is 0. The Morgan fingerprint density at radius 1 is 1.44 bits per heavy atom. The maximum atomic E-state index is 12.8. The Morgan fingerprint density at radius 3 is 2.61 bits per heavy atom. The molecule has 1 aromatic carbocycles. The fourth-order valence-corrected chi connectivity index (χ4v) is 1.05. The lowest BCUT2D eigenvalue weighted by Crippen LogP contribution is -2.23. The first-order chi connectivity index (χ1) is 8.21. The number of hydrazone groups is 1. The van der Waals surface area contributed by atoms with E-state index in [2.05, 4.69) is 5.10 Å². The summed E-state index contributed by atoms with van der Waals surface area (Å²) in [5.74, 6) is -3.93. The zero-order chi connectivity index (χ0) is 13.9. The van der Waals surface area contributed by atoms with Crippen LogP contribution in [0.1, 0.15) is 0 Å². The molecule has 0 aliphatic heterocycles. The molecule has 9 heteroatoms. The van der Waals surface area contributed by atoms with E-state index in [1.807, 2.05) is 5.43 Å². The zero-order valence-corrected chi connectivity index (χ0v) is 9.18. The fourth-order valence-electron chi connectivity index (χ4n) is 0.857. The molecule has 0 heterocycles. The Kier molecular flexibility index (Phi) is 4.12. The topological polar surface area (TPSA) is 61.7 Å². The molecule has 0 bridgehead atoms. The van der Waals surface area contributed by atoms with Crippen LogP contribution < -0.4 is 5.43 Å². The third-order valence-electron chi connectivity index (χ3n) is 1.68. The fraction of sp³-hybridized carbons (Fsp3) is 0.111. The number of halogens is 5. The minimum absolute atomic E-state index is 0.00324. The van der Waals surface area contributed by atoms with Crippen LogP contribution in [0.25, 0.3) is 0 Å². The van der Waals surface area contributed by atoms with Gasteiger partial charge in [0, 0.05) is 6.07 Å². The Labute approximate surface area is 103 Å². The molecule has 18 heavy (non-hydrogen) atoms. The summed E-state index contributed by atoms with van der Waals surface area (Å²) < 4.78 is 48.1. The number of phenols is 1. The molecule has 0 aromatic heterocycles. The Bertz CT molecular complexity index is 502. The lowest BCUT2D eigenvalue weighted by atomic mass is 10.3. The van der Waals surface area contributed by atoms with Crippen LogP contribution in [0.3, 0.4) is 0 Å². The van der Waals surface area contributed by atoms with E-state index in [0.29, 0.717) is 0 Å². The molecule has 1 aromatic rings. The molecule has 0 saturated carbocycles. The SMILES string of the molecule is O=C(C=NNc1cc(O)c(F)cc1Cl)C(F)(F)F. The molecule has 0 amide bonds. The van der Waals surface area contributed by atoms with E-state index in [4.69, 9.17) is 16.7 Å². The number of benzene rings is 1. The largest absolute Gasteiger partial charge is 0.505 e. The van der Waals surface area contributed by atoms with Gasteiger partial charge >= 0.3 is 6.18 Å². The number of carbonyl (C=O) groups is 1. The highest BCUT2D eigenvalue weighted by atomic mass is 35.5. The standard InChI is InChI=1S/C9H5ClF4N2O2/c10-4-1-5(11)7(17)2-6(4)16-15-3-8(18)9(12,13)14/h1-3,16-17H. The molecule has 0 unspecified atom stereocenters. The van der Waals surface area contributed by atoms with Gasteiger partial charge in [-0.25, -0.2) is 4.39 Å². The molecule has 0 aliphatic rings. The minimum atomic E-state index is -5.03. The lowest BCUT2D eigenvalue weighted by Gasteiger charge is -2.05. The number of rotatable bonds is 3. The predicted molar refractivity (Wildman–Crippen MR) is 56.3 cm³/mol. The first kappa shape index (κ1) is 14.2. The van der Waals surface area contributed by atoms with E-state index in [9.17, 15) is 22.4 Å². The van der Waals surface area contributed by atoms with Crippen LogP contribution in [0.2, 0.25) is 5.02 Å². The summed E-state index contributed by atoms with van der Waals surface area (Å²) in [6.07, 6.45) is -5.03. The summed E-state index contributed by atoms with van der Waals surface area (Å²) in [5.41, 5.74) is 1.82. The first-order valence-corrected chi connectivity index (χ1v) is 4.68. The van der Waals surface area contributed by atoms with Crippen molar-refractivity contribution < 1.29 is 27.5 Å². The van der Waals surface area contributed by atoms with Crippen LogP contribution in [-0.4, -0.2) is 23.3 Å². The number of ketones is 1. The summed E-state index contributed by atoms with van der Waals surface area (Å²) in [4.78, 5) is 10.4. The van der Waals surface area contributed by atoms with Crippen LogP contribution in [0.5, 0.6) is 5.75 Å². The van der Waals surface area contributed by atoms with Crippen LogP contribution in [0.15, 0.2) is 17.2 Å². The van der Waals surface area contributed by atoms with Gasteiger partial charge in [-0.3, -0.25) is 10.2 Å². The van der Waals surface area contributed by atoms with E-state index in [-0.39, 0.29) is 16.9 Å². The number of nitrogens with zero attached hydrogens (tertiary/aromatic N) is 1. The van der Waals surface area contributed by atoms with Crippen LogP contribution in [-0.2, 0) is 4.79 Å². The number of hydrogen-bond acceptors (Lipinski definition) is 4. The number of Topliss-reactive ketones (excluding diaryl/α,β-unsaturated/α-hetero) is 1. The summed E-state index contributed by atoms with van der Waals surface area (Å²) in [5, 5.41) is 11.7. The van der Waals surface area contributed by atoms with Crippen LogP contribution >= 0.6 is 11.6 Å². The molecule has 2 N–H and O–H groups in total. The number of nitrogens with one attached hydrogen (secondary N) is 1. The molecular weight excluding hydrogens is 280 g/mol. The van der Waals surface area contributed by atoms with Gasteiger partial charge in [0.05, 0.1) is 16.9 Å². The summed E-state index contributed by atoms with van der Waals surface area (Å²) >= 11 is 5.51. The second-order valence-corrected chi connectivity index (χ2v) is 3.42. The van der Waals surface area contributed by atoms with Gasteiger partial charge in [0.2, 0.25) is 0 Å². The van der Waals surface area contributed by atoms with Gasteiger partial charge in [0.25, 0.3) is 5.78 Å². The highest BCUT2D eigenvalue weighted by molar-refractivity contribution is 6.33. The van der Waals surface area contributed by atoms with Crippen molar-refractivity contribution in [2.75, 3.05) is 5.43 Å². The van der Waals surface area contributed by atoms with E-state index in [0.717, 1.165) is 12.1 Å². The van der Waals surface area contributed by atoms with Gasteiger partial charge in [-0.05, 0) is 6.07 Å². The van der Waals surface area contributed by atoms with Gasteiger partial charge in [0.1, 0.15) is 0 Å². The first-order valence-electron chi connectivity index (χ1n) is 4.30. The monoisotopic (exact) mass is 284 g/mol. The van der Waals surface area contributed by atoms with Crippen LogP contribution in [0, 0.1) is 5.82 Å². The van der Waals surface area contributed by atoms with Crippen LogP contribution in [0.4, 0.5) is 23.2 Å². The molecule has 4 nitrogen and oxygen atoms in total. The Hall–Kier alpha value is -1.83. The van der Waals surface area contributed by atoms with Gasteiger partial charge < -0.3 is 5.11 Å². The zero-order valence-electron chi connectivity index (χ0n) is 8.42. The minimum Gasteiger partial charge on any atom is -0.505 e. The molecule has 0 spiro atoms. The number of anilines is 1. The molecule has 0 radical (unpaired) electrons. The molecule has 0 aliphatic carbocycles. The smallest absolute Gasteiger partial charge is 0.455 e. The third kappa shape index (κ3) is 3.59. The maximum Gasteiger partial charge on any atom is 0.455 e. The Balaban J connectivity index is 2.79. The van der Waals surface area contributed by atoms with Gasteiger partial charge in [0.15, 0.2) is 11.6 Å². The van der Waals surface area contributed by atoms with Crippen molar-refractivity contribution in [2.24, 2.45) is 5.10 Å². The highest BCUT2D eigenvalue weighted by Crippen LogP contribution is 2.28. The maximum absolute atomic E-state index is 12.8. The summed E-state index contributed by atoms with van der Waals surface area (Å²) in [6, 6.07) is 1.55. The second-order valence-electron chi connectivity index (χ2n) is 3.02. The predicted octanol–water partition coefficient (Wildman–Crippen LogP) is 2.71. The Morgan fingerprint density at radius 2 is 2.06 bits per heavy atom. The molecular formula is C9H5ClF4N2O2. The number of hydrogen-bond donors (Lipinski definition) is 2. The van der Waals surface area contributed by atoms with E-state index in [1.165, 1.54) is 0 Å². The van der Waals surface area contributed by atoms with Crippen molar-refractivity contribution in [2.45, 2.75) is 6.18 Å². The van der Waals surface area contributed by atoms with E-state index in [1.54, 1.807) is 0 Å². The molecule has 0 fully saturated rings. The van der Waals surface area contributed by atoms with Crippen molar-refractivity contribution in [1.29, 1.82) is 0 Å². The van der Waals surface area contributed by atoms with Gasteiger partial charge in [-0.1, -0.05) is 11.6 Å². The van der Waals surface area contributed by atoms with Crippen molar-refractivity contribution >= 4 is 29.3 Å². The van der Waals surface area contributed by atoms with Gasteiger partial charge in [-0.15, -0.1) is 0 Å². The number of alkyl halides is 3. The number of aromatic hydroxyl groups is 1. The number of carbonyl (C=O) groups excluding carboxylic acids is 1. The van der Waals surface area contributed by atoms with Crippen molar-refractivity contribution in [1.82, 2.24) is 0 Å². The lowest BCUT2D eigenvalue weighted by molar-refractivity contribution is -0.162. The molecule has 0 saturated heterocycles. The van der Waals surface area contributed by atoms with Crippen molar-refractivity contribution in [3.8, 4) is 5.75 Å². The van der Waals surface area contributed by atoms with E-state index < -0.39 is 23.5 Å². The average molecular weight is 285 g/mol. The third-order valence-corrected chi connectivity index (χ3v) is 2.00. The quantitative estimate of drug-likeness (QED) is 0.510. The normalized spacial score (nSPS) is 11.8. The molecule has 98 valence electrons. The molecule has 1 rings (SSSR count). The highest BCUT2D eigenvalue weighted by Gasteiger charge is 2.36. The second kappa shape index (κ2) is 5.21. The van der Waals surface area contributed by atoms with E-state index >= 15 is 0 Å². The average Bonchev–Trinajstić information content (AvgIpc) is 2.23. The van der Waals surface area contributed by atoms with Crippen molar-refractivity contribution in [3.63, 3.8) is 0 Å². The number of phenolic OH excluding ortho intramolecular Hbond substituents is 1. The van der Waals surface area contributed by atoms with Gasteiger partial charge in [-0.2, -0.15) is 18.3 Å². The van der Waals surface area contributed by atoms with Crippen molar-refractivity contribution in [3.05, 3.63) is 23.0 Å². The molecule has 0 atom stereocenters.